The Labute approximate surface area is 116 Å². The first-order valence-electron chi connectivity index (χ1n) is 5.86. The maximum atomic E-state index is 11.2. The molecule has 20 heavy (non-hydrogen) atoms. The van der Waals surface area contributed by atoms with E-state index < -0.39 is 5.97 Å². The van der Waals surface area contributed by atoms with Gasteiger partial charge >= 0.3 is 5.97 Å². The molecule has 0 radical (unpaired) electrons. The van der Waals surface area contributed by atoms with Crippen LogP contribution in [0.1, 0.15) is 16.1 Å². The average molecular weight is 274 g/mol. The molecule has 0 aromatic carbocycles. The molecule has 0 unspecified atom stereocenters. The molecule has 2 heterocycles. The molecule has 0 spiro atoms. The van der Waals surface area contributed by atoms with Crippen LogP contribution in [-0.4, -0.2) is 35.1 Å². The summed E-state index contributed by atoms with van der Waals surface area (Å²) in [7, 11) is 2.87. The summed E-state index contributed by atoms with van der Waals surface area (Å²) in [5.74, 6) is 0.618. The highest BCUT2D eigenvalue weighted by Crippen LogP contribution is 2.09. The van der Waals surface area contributed by atoms with Crippen LogP contribution in [0.15, 0.2) is 30.7 Å². The Balaban J connectivity index is 1.94. The molecule has 104 valence electrons. The minimum Gasteiger partial charge on any atom is -0.481 e. The fourth-order valence-electron chi connectivity index (χ4n) is 1.46. The summed E-state index contributed by atoms with van der Waals surface area (Å²) >= 11 is 0. The monoisotopic (exact) mass is 274 g/mol. The van der Waals surface area contributed by atoms with E-state index in [1.807, 2.05) is 6.07 Å². The molecule has 0 aliphatic carbocycles. The van der Waals surface area contributed by atoms with Crippen LogP contribution in [0.25, 0.3) is 0 Å². The van der Waals surface area contributed by atoms with Crippen LogP contribution in [0.3, 0.4) is 0 Å². The van der Waals surface area contributed by atoms with Crippen molar-refractivity contribution in [2.75, 3.05) is 19.5 Å². The second kappa shape index (κ2) is 6.46. The Morgan fingerprint density at radius 3 is 2.55 bits per heavy atom. The molecule has 2 aromatic rings. The number of carbonyl (C=O) groups excluding carboxylic acids is 1. The number of hydrogen-bond donors (Lipinski definition) is 1. The van der Waals surface area contributed by atoms with E-state index in [1.54, 1.807) is 19.4 Å². The van der Waals surface area contributed by atoms with Crippen LogP contribution in [-0.2, 0) is 11.3 Å². The molecule has 7 heteroatoms. The van der Waals surface area contributed by atoms with Gasteiger partial charge in [0.1, 0.15) is 5.82 Å². The lowest BCUT2D eigenvalue weighted by molar-refractivity contribution is 0.0593. The highest BCUT2D eigenvalue weighted by Gasteiger charge is 2.07. The Morgan fingerprint density at radius 2 is 2.00 bits per heavy atom. The van der Waals surface area contributed by atoms with E-state index in [0.29, 0.717) is 18.2 Å². The first-order chi connectivity index (χ1) is 9.72. The molecule has 0 atom stereocenters. The Morgan fingerprint density at radius 1 is 1.15 bits per heavy atom. The smallest absolute Gasteiger partial charge is 0.358 e. The molecule has 7 nitrogen and oxygen atoms in total. The number of ether oxygens (including phenoxy) is 2. The van der Waals surface area contributed by atoms with Crippen LogP contribution in [0.5, 0.6) is 5.88 Å². The Hall–Kier alpha value is -2.70. The molecule has 2 rings (SSSR count). The number of rotatable bonds is 5. The Kier molecular flexibility index (Phi) is 4.43. The van der Waals surface area contributed by atoms with Gasteiger partial charge in [0, 0.05) is 18.8 Å². The van der Waals surface area contributed by atoms with Crippen molar-refractivity contribution in [3.63, 3.8) is 0 Å². The summed E-state index contributed by atoms with van der Waals surface area (Å²) < 4.78 is 9.53. The minimum atomic E-state index is -0.511. The highest BCUT2D eigenvalue weighted by atomic mass is 16.5. The number of aromatic nitrogens is 3. The SMILES string of the molecule is COC(=O)c1cnc(NCc2ccc(OC)nc2)cn1. The summed E-state index contributed by atoms with van der Waals surface area (Å²) in [5.41, 5.74) is 1.15. The molecule has 0 fully saturated rings. The third-order valence-electron chi connectivity index (χ3n) is 2.53. The number of pyridine rings is 1. The van der Waals surface area contributed by atoms with E-state index in [1.165, 1.54) is 19.5 Å². The van der Waals surface area contributed by atoms with Gasteiger partial charge < -0.3 is 14.8 Å². The van der Waals surface area contributed by atoms with E-state index in [2.05, 4.69) is 25.0 Å². The summed E-state index contributed by atoms with van der Waals surface area (Å²) in [6.45, 7) is 0.545. The topological polar surface area (TPSA) is 86.2 Å². The largest absolute Gasteiger partial charge is 0.481 e. The van der Waals surface area contributed by atoms with E-state index >= 15 is 0 Å². The van der Waals surface area contributed by atoms with Crippen molar-refractivity contribution in [2.24, 2.45) is 0 Å². The highest BCUT2D eigenvalue weighted by molar-refractivity contribution is 5.86. The van der Waals surface area contributed by atoms with Gasteiger partial charge in [-0.05, 0) is 5.56 Å². The van der Waals surface area contributed by atoms with Crippen LogP contribution in [0, 0.1) is 0 Å². The standard InChI is InChI=1S/C13H14N4O3/c1-19-12-4-3-9(6-17-12)5-15-11-8-14-10(7-16-11)13(18)20-2/h3-4,6-8H,5H2,1-2H3,(H,15,16). The molecule has 0 bridgehead atoms. The number of hydrogen-bond acceptors (Lipinski definition) is 7. The van der Waals surface area contributed by atoms with Gasteiger partial charge in [0.05, 0.1) is 26.6 Å². The summed E-state index contributed by atoms with van der Waals surface area (Å²) in [5, 5.41) is 3.08. The van der Waals surface area contributed by atoms with Crippen LogP contribution < -0.4 is 10.1 Å². The number of esters is 1. The van der Waals surface area contributed by atoms with Crippen molar-refractivity contribution in [1.29, 1.82) is 0 Å². The number of carbonyl (C=O) groups is 1. The van der Waals surface area contributed by atoms with Crippen molar-refractivity contribution in [3.8, 4) is 5.88 Å². The zero-order chi connectivity index (χ0) is 14.4. The number of anilines is 1. The zero-order valence-electron chi connectivity index (χ0n) is 11.2. The molecular weight excluding hydrogens is 260 g/mol. The fraction of sp³-hybridized carbons (Fsp3) is 0.231. The second-order valence-electron chi connectivity index (χ2n) is 3.84. The third-order valence-corrected chi connectivity index (χ3v) is 2.53. The summed E-state index contributed by atoms with van der Waals surface area (Å²) in [6.07, 6.45) is 4.55. The minimum absolute atomic E-state index is 0.171. The Bertz CT molecular complexity index is 569. The van der Waals surface area contributed by atoms with Gasteiger partial charge in [-0.1, -0.05) is 6.07 Å². The summed E-state index contributed by atoms with van der Waals surface area (Å²) in [4.78, 5) is 23.3. The van der Waals surface area contributed by atoms with E-state index in [0.717, 1.165) is 5.56 Å². The van der Waals surface area contributed by atoms with Gasteiger partial charge in [-0.25, -0.2) is 19.7 Å². The maximum Gasteiger partial charge on any atom is 0.358 e. The predicted molar refractivity (Wildman–Crippen MR) is 71.5 cm³/mol. The number of nitrogens with one attached hydrogen (secondary N) is 1. The molecule has 0 aliphatic rings. The molecule has 0 saturated carbocycles. The molecule has 0 saturated heterocycles. The lowest BCUT2D eigenvalue weighted by atomic mass is 10.3. The van der Waals surface area contributed by atoms with E-state index in [9.17, 15) is 4.79 Å². The first kappa shape index (κ1) is 13.7. The molecule has 0 amide bonds. The first-order valence-corrected chi connectivity index (χ1v) is 5.86. The van der Waals surface area contributed by atoms with Gasteiger partial charge in [0.2, 0.25) is 5.88 Å². The van der Waals surface area contributed by atoms with Crippen molar-refractivity contribution < 1.29 is 14.3 Å². The molecule has 0 aliphatic heterocycles. The third kappa shape index (κ3) is 3.41. The van der Waals surface area contributed by atoms with Crippen LogP contribution in [0.2, 0.25) is 0 Å². The normalized spacial score (nSPS) is 9.90. The van der Waals surface area contributed by atoms with E-state index in [4.69, 9.17) is 4.74 Å². The number of methoxy groups -OCH3 is 2. The summed E-state index contributed by atoms with van der Waals surface area (Å²) in [6, 6.07) is 3.68. The average Bonchev–Trinajstić information content (AvgIpc) is 2.53. The van der Waals surface area contributed by atoms with Gasteiger partial charge in [-0.3, -0.25) is 0 Å². The predicted octanol–water partition coefficient (Wildman–Crippen LogP) is 1.28. The zero-order valence-corrected chi connectivity index (χ0v) is 11.2. The van der Waals surface area contributed by atoms with Crippen molar-refractivity contribution in [1.82, 2.24) is 15.0 Å². The van der Waals surface area contributed by atoms with Gasteiger partial charge in [0.15, 0.2) is 5.69 Å². The lowest BCUT2D eigenvalue weighted by Gasteiger charge is -2.06. The molecule has 1 N–H and O–H groups in total. The lowest BCUT2D eigenvalue weighted by Crippen LogP contribution is -2.07. The van der Waals surface area contributed by atoms with E-state index in [-0.39, 0.29) is 5.69 Å². The van der Waals surface area contributed by atoms with Gasteiger partial charge in [-0.15, -0.1) is 0 Å². The fourth-order valence-corrected chi connectivity index (χ4v) is 1.46. The number of nitrogens with zero attached hydrogens (tertiary/aromatic N) is 3. The molecular formula is C13H14N4O3. The second-order valence-corrected chi connectivity index (χ2v) is 3.84. The molecule has 2 aromatic heterocycles. The van der Waals surface area contributed by atoms with Crippen LogP contribution in [0.4, 0.5) is 5.82 Å². The van der Waals surface area contributed by atoms with Crippen LogP contribution >= 0.6 is 0 Å². The van der Waals surface area contributed by atoms with Gasteiger partial charge in [0.25, 0.3) is 0 Å². The quantitative estimate of drug-likeness (QED) is 0.822. The maximum absolute atomic E-state index is 11.2. The van der Waals surface area contributed by atoms with Gasteiger partial charge in [-0.2, -0.15) is 0 Å². The van der Waals surface area contributed by atoms with Crippen molar-refractivity contribution in [3.05, 3.63) is 42.0 Å². The van der Waals surface area contributed by atoms with Crippen molar-refractivity contribution in [2.45, 2.75) is 6.54 Å². The van der Waals surface area contributed by atoms with Crippen molar-refractivity contribution >= 4 is 11.8 Å².